The largest absolute Gasteiger partial charge is 0.454 e. The summed E-state index contributed by atoms with van der Waals surface area (Å²) in [5.41, 5.74) is 1.47. The zero-order valence-corrected chi connectivity index (χ0v) is 15.3. The van der Waals surface area contributed by atoms with Crippen LogP contribution in [0.25, 0.3) is 0 Å². The Morgan fingerprint density at radius 2 is 1.96 bits per heavy atom. The lowest BCUT2D eigenvalue weighted by Gasteiger charge is -2.08. The molecule has 27 heavy (non-hydrogen) atoms. The van der Waals surface area contributed by atoms with Crippen LogP contribution in [0, 0.1) is 6.92 Å². The minimum Gasteiger partial charge on any atom is -0.454 e. The highest BCUT2D eigenvalue weighted by Crippen LogP contribution is 2.14. The number of halogens is 2. The first-order valence-corrected chi connectivity index (χ1v) is 8.84. The van der Waals surface area contributed by atoms with Gasteiger partial charge in [0.25, 0.3) is 5.91 Å². The van der Waals surface area contributed by atoms with Gasteiger partial charge in [-0.2, -0.15) is 8.78 Å². The summed E-state index contributed by atoms with van der Waals surface area (Å²) in [6.45, 7) is -1.58. The fraction of sp³-hybridized carbons (Fsp3) is 0.353. The predicted molar refractivity (Wildman–Crippen MR) is 94.1 cm³/mol. The van der Waals surface area contributed by atoms with Gasteiger partial charge in [0, 0.05) is 17.6 Å². The number of hydrogen-bond donors (Lipinski definition) is 1. The molecule has 1 amide bonds. The summed E-state index contributed by atoms with van der Waals surface area (Å²) < 4.78 is 34.5. The minimum atomic E-state index is -2.87. The first-order chi connectivity index (χ1) is 12.8. The highest BCUT2D eigenvalue weighted by atomic mass is 32.1. The molecular weight excluding hydrogens is 382 g/mol. The summed E-state index contributed by atoms with van der Waals surface area (Å²) in [6, 6.07) is 6.06. The third kappa shape index (κ3) is 6.81. The topological polar surface area (TPSA) is 86.6 Å². The van der Waals surface area contributed by atoms with E-state index >= 15 is 0 Å². The number of ether oxygens (including phenoxy) is 2. The molecular formula is C17H18F2N2O5S. The van der Waals surface area contributed by atoms with E-state index in [9.17, 15) is 23.2 Å². The van der Waals surface area contributed by atoms with Crippen molar-refractivity contribution in [3.05, 3.63) is 50.6 Å². The van der Waals surface area contributed by atoms with Gasteiger partial charge in [-0.15, -0.1) is 0 Å². The number of carbonyl (C=O) groups excluding carboxylic acids is 2. The van der Waals surface area contributed by atoms with Crippen LogP contribution >= 0.6 is 11.3 Å². The maximum Gasteiger partial charge on any atom is 0.387 e. The first kappa shape index (κ1) is 20.6. The third-order valence-electron chi connectivity index (χ3n) is 3.51. The van der Waals surface area contributed by atoms with E-state index in [1.54, 1.807) is 24.4 Å². The summed E-state index contributed by atoms with van der Waals surface area (Å²) in [5, 5.41) is 4.21. The van der Waals surface area contributed by atoms with Crippen LogP contribution in [0.15, 0.2) is 34.4 Å². The second-order valence-electron chi connectivity index (χ2n) is 5.51. The normalized spacial score (nSPS) is 10.7. The highest BCUT2D eigenvalue weighted by Gasteiger charge is 2.11. The van der Waals surface area contributed by atoms with E-state index in [1.165, 1.54) is 16.7 Å². The molecule has 0 radical (unpaired) electrons. The van der Waals surface area contributed by atoms with E-state index in [1.807, 2.05) is 0 Å². The molecule has 0 aliphatic carbocycles. The molecule has 1 heterocycles. The van der Waals surface area contributed by atoms with Crippen LogP contribution in [0.3, 0.4) is 0 Å². The molecule has 2 aromatic rings. The number of benzene rings is 1. The summed E-state index contributed by atoms with van der Waals surface area (Å²) >= 11 is 0.985. The van der Waals surface area contributed by atoms with Crippen LogP contribution in [0.5, 0.6) is 5.75 Å². The van der Waals surface area contributed by atoms with E-state index < -0.39 is 25.1 Å². The van der Waals surface area contributed by atoms with Gasteiger partial charge in [0.1, 0.15) is 12.3 Å². The van der Waals surface area contributed by atoms with Gasteiger partial charge in [-0.25, -0.2) is 0 Å². The van der Waals surface area contributed by atoms with E-state index in [0.717, 1.165) is 16.9 Å². The Morgan fingerprint density at radius 3 is 2.56 bits per heavy atom. The fourth-order valence-electron chi connectivity index (χ4n) is 2.15. The van der Waals surface area contributed by atoms with Gasteiger partial charge in [-0.1, -0.05) is 23.5 Å². The van der Waals surface area contributed by atoms with E-state index in [2.05, 4.69) is 10.1 Å². The number of esters is 1. The molecule has 1 aromatic heterocycles. The number of amides is 1. The van der Waals surface area contributed by atoms with Crippen molar-refractivity contribution in [1.82, 2.24) is 9.88 Å². The van der Waals surface area contributed by atoms with Gasteiger partial charge >= 0.3 is 17.5 Å². The summed E-state index contributed by atoms with van der Waals surface area (Å²) in [7, 11) is 0. The number of hydrogen-bond acceptors (Lipinski definition) is 6. The zero-order valence-electron chi connectivity index (χ0n) is 14.4. The molecule has 0 atom stereocenters. The molecule has 0 saturated heterocycles. The number of aromatic nitrogens is 1. The maximum atomic E-state index is 12.1. The highest BCUT2D eigenvalue weighted by molar-refractivity contribution is 7.07. The van der Waals surface area contributed by atoms with Crippen molar-refractivity contribution in [1.29, 1.82) is 0 Å². The predicted octanol–water partition coefficient (Wildman–Crippen LogP) is 1.72. The minimum absolute atomic E-state index is 0.0599. The van der Waals surface area contributed by atoms with Gasteiger partial charge < -0.3 is 14.8 Å². The molecule has 0 bridgehead atoms. The van der Waals surface area contributed by atoms with Crippen LogP contribution in [0.4, 0.5) is 8.78 Å². The lowest BCUT2D eigenvalue weighted by atomic mass is 10.1. The lowest BCUT2D eigenvalue weighted by molar-refractivity contribution is -0.149. The molecule has 0 spiro atoms. The molecule has 0 aliphatic rings. The number of nitrogens with zero attached hydrogens (tertiary/aromatic N) is 1. The number of rotatable bonds is 9. The molecule has 0 fully saturated rings. The standard InChI is InChI=1S/C17H18F2N2O5S/c1-11-10-27-17(24)21(11)8-15(23)25-9-14(22)20-7-6-12-2-4-13(5-3-12)26-16(18)19/h2-5,10,16H,6-9H2,1H3,(H,20,22). The number of aryl methyl sites for hydroxylation is 1. The van der Waals surface area contributed by atoms with Crippen molar-refractivity contribution in [2.24, 2.45) is 0 Å². The van der Waals surface area contributed by atoms with Gasteiger partial charge in [0.15, 0.2) is 6.61 Å². The molecule has 1 N–H and O–H groups in total. The lowest BCUT2D eigenvalue weighted by Crippen LogP contribution is -2.31. The summed E-state index contributed by atoms with van der Waals surface area (Å²) in [6.07, 6.45) is 0.470. The van der Waals surface area contributed by atoms with Crippen molar-refractivity contribution in [3.63, 3.8) is 0 Å². The van der Waals surface area contributed by atoms with E-state index in [-0.39, 0.29) is 23.7 Å². The average molecular weight is 400 g/mol. The zero-order chi connectivity index (χ0) is 19.8. The monoisotopic (exact) mass is 400 g/mol. The Bertz CT molecular complexity index is 833. The van der Waals surface area contributed by atoms with Crippen LogP contribution in [0.2, 0.25) is 0 Å². The smallest absolute Gasteiger partial charge is 0.387 e. The van der Waals surface area contributed by atoms with Gasteiger partial charge in [0.05, 0.1) is 0 Å². The summed E-state index contributed by atoms with van der Waals surface area (Å²) in [5.74, 6) is -1.09. The number of alkyl halides is 2. The van der Waals surface area contributed by atoms with Crippen molar-refractivity contribution in [3.8, 4) is 5.75 Å². The molecule has 146 valence electrons. The van der Waals surface area contributed by atoms with Crippen LogP contribution < -0.4 is 14.9 Å². The average Bonchev–Trinajstić information content (AvgIpc) is 2.93. The molecule has 2 rings (SSSR count). The second-order valence-corrected chi connectivity index (χ2v) is 6.33. The SMILES string of the molecule is Cc1csc(=O)n1CC(=O)OCC(=O)NCCc1ccc(OC(F)F)cc1. The Kier molecular flexibility index (Phi) is 7.47. The molecule has 0 saturated carbocycles. The van der Waals surface area contributed by atoms with Gasteiger partial charge in [0.2, 0.25) is 0 Å². The van der Waals surface area contributed by atoms with Crippen LogP contribution in [-0.2, 0) is 27.3 Å². The molecule has 1 aromatic carbocycles. The van der Waals surface area contributed by atoms with E-state index in [4.69, 9.17) is 4.74 Å². The number of thiazole rings is 1. The van der Waals surface area contributed by atoms with Crippen LogP contribution in [-0.4, -0.2) is 36.2 Å². The van der Waals surface area contributed by atoms with Crippen molar-refractivity contribution in [2.45, 2.75) is 26.5 Å². The van der Waals surface area contributed by atoms with Crippen molar-refractivity contribution in [2.75, 3.05) is 13.2 Å². The second kappa shape index (κ2) is 9.81. The molecule has 0 unspecified atom stereocenters. The van der Waals surface area contributed by atoms with Gasteiger partial charge in [-0.05, 0) is 31.0 Å². The molecule has 7 nitrogen and oxygen atoms in total. The maximum absolute atomic E-state index is 12.1. The molecule has 0 aliphatic heterocycles. The Labute approximate surface area is 157 Å². The van der Waals surface area contributed by atoms with Crippen molar-refractivity contribution >= 4 is 23.2 Å². The number of carbonyl (C=O) groups is 2. The fourth-order valence-corrected chi connectivity index (χ4v) is 2.89. The van der Waals surface area contributed by atoms with Gasteiger partial charge in [-0.3, -0.25) is 19.0 Å². The Morgan fingerprint density at radius 1 is 1.26 bits per heavy atom. The van der Waals surface area contributed by atoms with E-state index in [0.29, 0.717) is 12.1 Å². The van der Waals surface area contributed by atoms with Crippen molar-refractivity contribution < 1.29 is 27.8 Å². The Hall–Kier alpha value is -2.75. The molecule has 10 heteroatoms. The summed E-state index contributed by atoms with van der Waals surface area (Å²) in [4.78, 5) is 34.6. The number of nitrogens with one attached hydrogen (secondary N) is 1. The van der Waals surface area contributed by atoms with Crippen LogP contribution in [0.1, 0.15) is 11.3 Å². The Balaban J connectivity index is 1.67. The first-order valence-electron chi connectivity index (χ1n) is 7.96. The third-order valence-corrected chi connectivity index (χ3v) is 4.39. The quantitative estimate of drug-likeness (QED) is 0.648.